The molecule has 19 heavy (non-hydrogen) atoms. The molecule has 0 spiro atoms. The fourth-order valence-electron chi connectivity index (χ4n) is 1.81. The molecule has 0 atom stereocenters. The van der Waals surface area contributed by atoms with Crippen molar-refractivity contribution in [2.45, 2.75) is 19.7 Å². The number of hydrogen-bond acceptors (Lipinski definition) is 1. The van der Waals surface area contributed by atoms with Gasteiger partial charge in [0.15, 0.2) is 17.4 Å². The van der Waals surface area contributed by atoms with Crippen LogP contribution < -0.4 is 4.74 Å². The highest BCUT2D eigenvalue weighted by atomic mass is 35.5. The van der Waals surface area contributed by atoms with Gasteiger partial charge in [-0.05, 0) is 43.2 Å². The maximum absolute atomic E-state index is 13.8. The normalized spacial score (nSPS) is 10.6. The standard InChI is InChI=1S/C15H13ClF2O/c1-9-3-4-14(10(2)5-9)19-15-12(17)6-11(8-16)7-13(15)18/h3-7H,8H2,1-2H3. The number of benzene rings is 2. The van der Waals surface area contributed by atoms with E-state index in [4.69, 9.17) is 16.3 Å². The van der Waals surface area contributed by atoms with Crippen molar-refractivity contribution >= 4 is 11.6 Å². The molecule has 4 heteroatoms. The van der Waals surface area contributed by atoms with Crippen molar-refractivity contribution in [3.05, 3.63) is 58.7 Å². The van der Waals surface area contributed by atoms with E-state index in [0.29, 0.717) is 11.3 Å². The first-order valence-electron chi connectivity index (χ1n) is 5.80. The Kier molecular flexibility index (Phi) is 4.05. The summed E-state index contributed by atoms with van der Waals surface area (Å²) < 4.78 is 32.9. The smallest absolute Gasteiger partial charge is 0.198 e. The van der Waals surface area contributed by atoms with Crippen molar-refractivity contribution in [1.82, 2.24) is 0 Å². The molecule has 2 aromatic rings. The van der Waals surface area contributed by atoms with Gasteiger partial charge in [-0.3, -0.25) is 0 Å². The highest BCUT2D eigenvalue weighted by Gasteiger charge is 2.14. The van der Waals surface area contributed by atoms with Crippen LogP contribution in [0.25, 0.3) is 0 Å². The summed E-state index contributed by atoms with van der Waals surface area (Å²) in [6.45, 7) is 3.76. The van der Waals surface area contributed by atoms with Crippen molar-refractivity contribution in [2.75, 3.05) is 0 Å². The van der Waals surface area contributed by atoms with Crippen LogP contribution in [0.15, 0.2) is 30.3 Å². The molecule has 2 rings (SSSR count). The minimum Gasteiger partial charge on any atom is -0.451 e. The van der Waals surface area contributed by atoms with E-state index < -0.39 is 17.4 Å². The zero-order valence-electron chi connectivity index (χ0n) is 10.6. The first-order valence-corrected chi connectivity index (χ1v) is 6.33. The van der Waals surface area contributed by atoms with Crippen molar-refractivity contribution < 1.29 is 13.5 Å². The SMILES string of the molecule is Cc1ccc(Oc2c(F)cc(CCl)cc2F)c(C)c1. The van der Waals surface area contributed by atoms with Crippen LogP contribution in [0.1, 0.15) is 16.7 Å². The maximum Gasteiger partial charge on any atom is 0.198 e. The van der Waals surface area contributed by atoms with E-state index >= 15 is 0 Å². The van der Waals surface area contributed by atoms with Crippen molar-refractivity contribution in [2.24, 2.45) is 0 Å². The molecule has 2 aromatic carbocycles. The molecule has 0 aliphatic heterocycles. The molecule has 0 radical (unpaired) electrons. The predicted octanol–water partition coefficient (Wildman–Crippen LogP) is 5.11. The number of hydrogen-bond donors (Lipinski definition) is 0. The van der Waals surface area contributed by atoms with Gasteiger partial charge in [-0.1, -0.05) is 17.7 Å². The second kappa shape index (κ2) is 5.57. The van der Waals surface area contributed by atoms with Gasteiger partial charge < -0.3 is 4.74 Å². The fraction of sp³-hybridized carbons (Fsp3) is 0.200. The van der Waals surface area contributed by atoms with Crippen LogP contribution in [0.2, 0.25) is 0 Å². The number of aryl methyl sites for hydroxylation is 2. The Labute approximate surface area is 115 Å². The molecule has 100 valence electrons. The van der Waals surface area contributed by atoms with Crippen LogP contribution in [-0.2, 0) is 5.88 Å². The van der Waals surface area contributed by atoms with Gasteiger partial charge in [0.1, 0.15) is 5.75 Å². The summed E-state index contributed by atoms with van der Waals surface area (Å²) in [4.78, 5) is 0. The van der Waals surface area contributed by atoms with E-state index in [1.807, 2.05) is 26.0 Å². The summed E-state index contributed by atoms with van der Waals surface area (Å²) >= 11 is 5.55. The summed E-state index contributed by atoms with van der Waals surface area (Å²) in [5.74, 6) is -1.42. The van der Waals surface area contributed by atoms with Gasteiger partial charge in [0.25, 0.3) is 0 Å². The quantitative estimate of drug-likeness (QED) is 0.711. The number of rotatable bonds is 3. The lowest BCUT2D eigenvalue weighted by Crippen LogP contribution is -1.96. The van der Waals surface area contributed by atoms with Crippen LogP contribution in [0.4, 0.5) is 8.78 Å². The Hall–Kier alpha value is -1.61. The van der Waals surface area contributed by atoms with Crippen molar-refractivity contribution in [3.63, 3.8) is 0 Å². The van der Waals surface area contributed by atoms with E-state index in [-0.39, 0.29) is 5.88 Å². The second-order valence-electron chi connectivity index (χ2n) is 4.39. The van der Waals surface area contributed by atoms with Gasteiger partial charge in [-0.15, -0.1) is 11.6 Å². The number of halogens is 3. The van der Waals surface area contributed by atoms with Crippen LogP contribution in [0, 0.1) is 25.5 Å². The minimum atomic E-state index is -0.754. The molecule has 0 amide bonds. The molecule has 1 nitrogen and oxygen atoms in total. The van der Waals surface area contributed by atoms with Crippen LogP contribution in [0.3, 0.4) is 0 Å². The highest BCUT2D eigenvalue weighted by molar-refractivity contribution is 6.17. The molecule has 0 saturated carbocycles. The molecule has 0 N–H and O–H groups in total. The lowest BCUT2D eigenvalue weighted by Gasteiger charge is -2.11. The third kappa shape index (κ3) is 3.04. The van der Waals surface area contributed by atoms with Gasteiger partial charge in [0, 0.05) is 5.88 Å². The topological polar surface area (TPSA) is 9.23 Å². The van der Waals surface area contributed by atoms with Gasteiger partial charge >= 0.3 is 0 Å². The Balaban J connectivity index is 2.38. The summed E-state index contributed by atoms with van der Waals surface area (Å²) in [6, 6.07) is 7.76. The largest absolute Gasteiger partial charge is 0.451 e. The Bertz CT molecular complexity index is 588. The third-order valence-corrected chi connectivity index (χ3v) is 3.06. The van der Waals surface area contributed by atoms with Crippen LogP contribution in [-0.4, -0.2) is 0 Å². The van der Waals surface area contributed by atoms with Crippen molar-refractivity contribution in [3.8, 4) is 11.5 Å². The summed E-state index contributed by atoms with van der Waals surface area (Å²) in [7, 11) is 0. The Morgan fingerprint density at radius 2 is 1.68 bits per heavy atom. The highest BCUT2D eigenvalue weighted by Crippen LogP contribution is 2.31. The Morgan fingerprint density at radius 3 is 2.21 bits per heavy atom. The average molecular weight is 283 g/mol. The first-order chi connectivity index (χ1) is 9.01. The van der Waals surface area contributed by atoms with E-state index in [2.05, 4.69) is 0 Å². The molecule has 0 aliphatic rings. The average Bonchev–Trinajstić information content (AvgIpc) is 2.35. The molecule has 0 bridgehead atoms. The lowest BCUT2D eigenvalue weighted by atomic mass is 10.1. The zero-order chi connectivity index (χ0) is 14.0. The van der Waals surface area contributed by atoms with Gasteiger partial charge in [-0.2, -0.15) is 0 Å². The van der Waals surface area contributed by atoms with E-state index in [0.717, 1.165) is 11.1 Å². The summed E-state index contributed by atoms with van der Waals surface area (Å²) in [6.07, 6.45) is 0. The zero-order valence-corrected chi connectivity index (χ0v) is 11.4. The predicted molar refractivity (Wildman–Crippen MR) is 71.9 cm³/mol. The molecule has 0 unspecified atom stereocenters. The van der Waals surface area contributed by atoms with Crippen molar-refractivity contribution in [1.29, 1.82) is 0 Å². The van der Waals surface area contributed by atoms with Gasteiger partial charge in [0.05, 0.1) is 0 Å². The summed E-state index contributed by atoms with van der Waals surface area (Å²) in [5.41, 5.74) is 2.26. The monoisotopic (exact) mass is 282 g/mol. The molecule has 0 fully saturated rings. The molecular weight excluding hydrogens is 270 g/mol. The molecule has 0 heterocycles. The fourth-order valence-corrected chi connectivity index (χ4v) is 1.97. The molecule has 0 saturated heterocycles. The lowest BCUT2D eigenvalue weighted by molar-refractivity contribution is 0.404. The van der Waals surface area contributed by atoms with E-state index in [1.165, 1.54) is 12.1 Å². The number of alkyl halides is 1. The van der Waals surface area contributed by atoms with Crippen LogP contribution in [0.5, 0.6) is 11.5 Å². The molecule has 0 aromatic heterocycles. The maximum atomic E-state index is 13.8. The van der Waals surface area contributed by atoms with Gasteiger partial charge in [-0.25, -0.2) is 8.78 Å². The second-order valence-corrected chi connectivity index (χ2v) is 4.66. The third-order valence-electron chi connectivity index (χ3n) is 2.75. The molecular formula is C15H13ClF2O. The van der Waals surface area contributed by atoms with Gasteiger partial charge in [0.2, 0.25) is 0 Å². The minimum absolute atomic E-state index is 0.0533. The summed E-state index contributed by atoms with van der Waals surface area (Å²) in [5, 5.41) is 0. The van der Waals surface area contributed by atoms with E-state index in [1.54, 1.807) is 6.07 Å². The van der Waals surface area contributed by atoms with Crippen LogP contribution >= 0.6 is 11.6 Å². The first kappa shape index (κ1) is 13.8. The Morgan fingerprint density at radius 1 is 1.05 bits per heavy atom. The molecule has 0 aliphatic carbocycles. The number of ether oxygens (including phenoxy) is 1. The van der Waals surface area contributed by atoms with E-state index in [9.17, 15) is 8.78 Å².